The molecule has 116 valence electrons. The van der Waals surface area contributed by atoms with Crippen molar-refractivity contribution in [1.29, 1.82) is 0 Å². The van der Waals surface area contributed by atoms with Crippen LogP contribution >= 0.6 is 11.8 Å². The van der Waals surface area contributed by atoms with E-state index in [2.05, 4.69) is 15.6 Å². The summed E-state index contributed by atoms with van der Waals surface area (Å²) in [6.45, 7) is 1.38. The molecule has 2 heterocycles. The maximum Gasteiger partial charge on any atom is 0.226 e. The lowest BCUT2D eigenvalue weighted by molar-refractivity contribution is -0.121. The van der Waals surface area contributed by atoms with Crippen molar-refractivity contribution in [3.8, 4) is 11.5 Å². The first-order chi connectivity index (χ1) is 10.8. The Kier molecular flexibility index (Phi) is 5.13. The predicted octanol–water partition coefficient (Wildman–Crippen LogP) is 2.05. The van der Waals surface area contributed by atoms with Crippen LogP contribution in [0.2, 0.25) is 0 Å². The van der Waals surface area contributed by atoms with Crippen molar-refractivity contribution in [2.45, 2.75) is 19.0 Å². The summed E-state index contributed by atoms with van der Waals surface area (Å²) in [6, 6.07) is 9.99. The number of carbonyl (C=O) groups is 1. The van der Waals surface area contributed by atoms with Crippen molar-refractivity contribution in [2.75, 3.05) is 18.1 Å². The van der Waals surface area contributed by atoms with Crippen molar-refractivity contribution in [3.63, 3.8) is 0 Å². The summed E-state index contributed by atoms with van der Waals surface area (Å²) < 4.78 is 5.45. The second-order valence-corrected chi connectivity index (χ2v) is 6.37. The number of nitrogens with zero attached hydrogens (tertiary/aromatic N) is 1. The van der Waals surface area contributed by atoms with Gasteiger partial charge in [0, 0.05) is 36.1 Å². The van der Waals surface area contributed by atoms with Gasteiger partial charge in [-0.2, -0.15) is 11.8 Å². The van der Waals surface area contributed by atoms with Crippen molar-refractivity contribution >= 4 is 17.7 Å². The number of oxazole rings is 1. The summed E-state index contributed by atoms with van der Waals surface area (Å²) in [7, 11) is 0. The van der Waals surface area contributed by atoms with Gasteiger partial charge in [-0.05, 0) is 12.1 Å². The molecule has 6 heteroatoms. The van der Waals surface area contributed by atoms with Gasteiger partial charge in [0.25, 0.3) is 0 Å². The van der Waals surface area contributed by atoms with Crippen LogP contribution in [-0.2, 0) is 11.3 Å². The highest BCUT2D eigenvalue weighted by Crippen LogP contribution is 2.17. The smallest absolute Gasteiger partial charge is 0.226 e. The van der Waals surface area contributed by atoms with Gasteiger partial charge in [-0.25, -0.2) is 4.98 Å². The van der Waals surface area contributed by atoms with Crippen LogP contribution in [0.4, 0.5) is 0 Å². The average molecular weight is 317 g/mol. The number of thioether (sulfide) groups is 1. The number of benzene rings is 1. The number of carbonyl (C=O) groups excluding carboxylic acids is 1. The van der Waals surface area contributed by atoms with Gasteiger partial charge in [-0.3, -0.25) is 4.79 Å². The Hall–Kier alpha value is -1.79. The summed E-state index contributed by atoms with van der Waals surface area (Å²) >= 11 is 1.89. The van der Waals surface area contributed by atoms with Gasteiger partial charge in [0.2, 0.25) is 11.8 Å². The van der Waals surface area contributed by atoms with Crippen molar-refractivity contribution in [2.24, 2.45) is 0 Å². The van der Waals surface area contributed by atoms with Crippen LogP contribution < -0.4 is 10.6 Å². The molecule has 1 saturated heterocycles. The van der Waals surface area contributed by atoms with Gasteiger partial charge in [0.1, 0.15) is 6.26 Å². The van der Waals surface area contributed by atoms with E-state index >= 15 is 0 Å². The Balaban J connectivity index is 1.49. The number of hydrogen-bond acceptors (Lipinski definition) is 5. The molecule has 1 aliphatic heterocycles. The number of hydrogen-bond donors (Lipinski definition) is 2. The van der Waals surface area contributed by atoms with E-state index in [0.29, 0.717) is 18.9 Å². The highest BCUT2D eigenvalue weighted by atomic mass is 32.2. The molecule has 0 spiro atoms. The molecule has 1 aromatic heterocycles. The van der Waals surface area contributed by atoms with E-state index in [-0.39, 0.29) is 11.9 Å². The predicted molar refractivity (Wildman–Crippen MR) is 87.5 cm³/mol. The zero-order valence-electron chi connectivity index (χ0n) is 12.2. The molecule has 22 heavy (non-hydrogen) atoms. The molecule has 1 aromatic carbocycles. The third-order valence-corrected chi connectivity index (χ3v) is 4.60. The quantitative estimate of drug-likeness (QED) is 0.883. The van der Waals surface area contributed by atoms with E-state index in [9.17, 15) is 4.79 Å². The Labute approximate surface area is 133 Å². The van der Waals surface area contributed by atoms with E-state index in [1.54, 1.807) is 6.26 Å². The molecule has 2 aromatic rings. The van der Waals surface area contributed by atoms with E-state index in [0.717, 1.165) is 29.3 Å². The van der Waals surface area contributed by atoms with Crippen LogP contribution in [0.5, 0.6) is 0 Å². The van der Waals surface area contributed by atoms with Gasteiger partial charge in [0.15, 0.2) is 0 Å². The molecule has 0 bridgehead atoms. The fourth-order valence-corrected chi connectivity index (χ4v) is 3.29. The minimum atomic E-state index is 0.0456. The van der Waals surface area contributed by atoms with Crippen LogP contribution in [-0.4, -0.2) is 35.0 Å². The van der Waals surface area contributed by atoms with Crippen LogP contribution in [0.25, 0.3) is 11.5 Å². The summed E-state index contributed by atoms with van der Waals surface area (Å²) in [5.74, 6) is 2.74. The molecule has 1 unspecified atom stereocenters. The highest BCUT2D eigenvalue weighted by Gasteiger charge is 2.16. The molecule has 5 nitrogen and oxygen atoms in total. The second-order valence-electron chi connectivity index (χ2n) is 5.22. The fraction of sp³-hybridized carbons (Fsp3) is 0.375. The third kappa shape index (κ3) is 4.11. The molecule has 0 aliphatic carbocycles. The van der Waals surface area contributed by atoms with Gasteiger partial charge >= 0.3 is 0 Å². The Morgan fingerprint density at radius 2 is 2.27 bits per heavy atom. The molecule has 0 saturated carbocycles. The van der Waals surface area contributed by atoms with Gasteiger partial charge in [-0.15, -0.1) is 0 Å². The van der Waals surface area contributed by atoms with Crippen molar-refractivity contribution in [3.05, 3.63) is 42.3 Å². The first-order valence-electron chi connectivity index (χ1n) is 7.39. The monoisotopic (exact) mass is 317 g/mol. The molecule has 1 aliphatic rings. The zero-order chi connectivity index (χ0) is 15.2. The Bertz CT molecular complexity index is 609. The first-order valence-corrected chi connectivity index (χ1v) is 8.54. The SMILES string of the molecule is O=C(CC1CSCCN1)NCc1coc(-c2ccccc2)n1. The summed E-state index contributed by atoms with van der Waals surface area (Å²) in [5, 5.41) is 6.26. The van der Waals surface area contributed by atoms with Crippen molar-refractivity contribution < 1.29 is 9.21 Å². The Morgan fingerprint density at radius 3 is 3.05 bits per heavy atom. The minimum absolute atomic E-state index is 0.0456. The van der Waals surface area contributed by atoms with E-state index in [1.165, 1.54) is 0 Å². The van der Waals surface area contributed by atoms with E-state index < -0.39 is 0 Å². The topological polar surface area (TPSA) is 67.2 Å². The molecule has 1 fully saturated rings. The summed E-state index contributed by atoms with van der Waals surface area (Å²) in [6.07, 6.45) is 2.10. The molecule has 2 N–H and O–H groups in total. The van der Waals surface area contributed by atoms with Crippen LogP contribution in [0.15, 0.2) is 41.0 Å². The lowest BCUT2D eigenvalue weighted by Crippen LogP contribution is -2.41. The lowest BCUT2D eigenvalue weighted by atomic mass is 10.2. The normalized spacial score (nSPS) is 18.1. The van der Waals surface area contributed by atoms with E-state index in [4.69, 9.17) is 4.42 Å². The highest BCUT2D eigenvalue weighted by molar-refractivity contribution is 7.99. The maximum atomic E-state index is 11.9. The van der Waals surface area contributed by atoms with Gasteiger partial charge in [-0.1, -0.05) is 18.2 Å². The summed E-state index contributed by atoms with van der Waals surface area (Å²) in [4.78, 5) is 16.3. The average Bonchev–Trinajstić information content (AvgIpc) is 3.04. The first kappa shape index (κ1) is 15.1. The minimum Gasteiger partial charge on any atom is -0.444 e. The molecule has 1 amide bonds. The number of aromatic nitrogens is 1. The van der Waals surface area contributed by atoms with Gasteiger partial charge in [0.05, 0.1) is 12.2 Å². The largest absolute Gasteiger partial charge is 0.444 e. The number of rotatable bonds is 5. The molecular formula is C16H19N3O2S. The molecule has 0 radical (unpaired) electrons. The fourth-order valence-electron chi connectivity index (χ4n) is 2.34. The second kappa shape index (κ2) is 7.47. The number of nitrogens with one attached hydrogen (secondary N) is 2. The number of amides is 1. The Morgan fingerprint density at radius 1 is 1.41 bits per heavy atom. The standard InChI is InChI=1S/C16H19N3O2S/c20-15(8-13-11-22-7-6-17-13)18-9-14-10-21-16(19-14)12-4-2-1-3-5-12/h1-5,10,13,17H,6-9,11H2,(H,18,20). The molecule has 3 rings (SSSR count). The summed E-state index contributed by atoms with van der Waals surface area (Å²) in [5.41, 5.74) is 1.67. The zero-order valence-corrected chi connectivity index (χ0v) is 13.1. The van der Waals surface area contributed by atoms with Crippen LogP contribution in [0, 0.1) is 0 Å². The third-order valence-electron chi connectivity index (χ3n) is 3.47. The van der Waals surface area contributed by atoms with E-state index in [1.807, 2.05) is 42.1 Å². The van der Waals surface area contributed by atoms with Crippen molar-refractivity contribution in [1.82, 2.24) is 15.6 Å². The molecule has 1 atom stereocenters. The lowest BCUT2D eigenvalue weighted by Gasteiger charge is -2.22. The maximum absolute atomic E-state index is 11.9. The van der Waals surface area contributed by atoms with Crippen LogP contribution in [0.3, 0.4) is 0 Å². The van der Waals surface area contributed by atoms with Crippen LogP contribution in [0.1, 0.15) is 12.1 Å². The van der Waals surface area contributed by atoms with Gasteiger partial charge < -0.3 is 15.1 Å². The molecular weight excluding hydrogens is 298 g/mol.